The van der Waals surface area contributed by atoms with E-state index in [1.807, 2.05) is 42.5 Å². The Labute approximate surface area is 126 Å². The lowest BCUT2D eigenvalue weighted by molar-refractivity contribution is 1.10. The van der Waals surface area contributed by atoms with Crippen LogP contribution in [-0.2, 0) is 0 Å². The lowest BCUT2D eigenvalue weighted by Crippen LogP contribution is -1.95. The van der Waals surface area contributed by atoms with E-state index in [0.717, 1.165) is 22.2 Å². The van der Waals surface area contributed by atoms with Crippen molar-refractivity contribution in [2.75, 3.05) is 5.73 Å². The predicted octanol–water partition coefficient (Wildman–Crippen LogP) is 2.66. The van der Waals surface area contributed by atoms with Crippen LogP contribution in [0.15, 0.2) is 54.9 Å². The van der Waals surface area contributed by atoms with Gasteiger partial charge in [0.2, 0.25) is 0 Å². The van der Waals surface area contributed by atoms with Crippen molar-refractivity contribution in [2.45, 2.75) is 0 Å². The van der Waals surface area contributed by atoms with Crippen molar-refractivity contribution in [2.24, 2.45) is 0 Å². The standard InChI is InChI=1S/C16H12N6/c17-14-12-13(10-4-2-1-3-5-10)19-15(20-16(12)22-21-14)11-6-8-18-9-7-11/h1-9H,(H3,17,19,20,21,22). The summed E-state index contributed by atoms with van der Waals surface area (Å²) in [6.45, 7) is 0. The predicted molar refractivity (Wildman–Crippen MR) is 84.8 cm³/mol. The molecule has 0 radical (unpaired) electrons. The zero-order valence-electron chi connectivity index (χ0n) is 11.6. The number of nitrogens with two attached hydrogens (primary N) is 1. The van der Waals surface area contributed by atoms with Crippen LogP contribution < -0.4 is 5.73 Å². The van der Waals surface area contributed by atoms with E-state index < -0.39 is 0 Å². The third kappa shape index (κ3) is 1.98. The Morgan fingerprint density at radius 2 is 1.64 bits per heavy atom. The molecule has 6 heteroatoms. The summed E-state index contributed by atoms with van der Waals surface area (Å²) in [5.74, 6) is 1.07. The summed E-state index contributed by atoms with van der Waals surface area (Å²) < 4.78 is 0. The molecule has 0 saturated carbocycles. The van der Waals surface area contributed by atoms with Crippen molar-refractivity contribution in [1.82, 2.24) is 25.1 Å². The van der Waals surface area contributed by atoms with Gasteiger partial charge in [-0.05, 0) is 12.1 Å². The second-order valence-electron chi connectivity index (χ2n) is 4.83. The molecule has 3 N–H and O–H groups in total. The molecule has 0 saturated heterocycles. The molecule has 3 heterocycles. The average Bonchev–Trinajstić information content (AvgIpc) is 2.97. The van der Waals surface area contributed by atoms with Gasteiger partial charge in [0, 0.05) is 23.5 Å². The van der Waals surface area contributed by atoms with Crippen LogP contribution in [0.1, 0.15) is 0 Å². The molecule has 6 nitrogen and oxygen atoms in total. The average molecular weight is 288 g/mol. The summed E-state index contributed by atoms with van der Waals surface area (Å²) >= 11 is 0. The van der Waals surface area contributed by atoms with Gasteiger partial charge < -0.3 is 5.73 Å². The molecule has 0 unspecified atom stereocenters. The molecular weight excluding hydrogens is 276 g/mol. The maximum atomic E-state index is 6.00. The van der Waals surface area contributed by atoms with Gasteiger partial charge in [-0.15, -0.1) is 0 Å². The number of anilines is 1. The van der Waals surface area contributed by atoms with E-state index in [1.54, 1.807) is 12.4 Å². The molecule has 0 bridgehead atoms. The van der Waals surface area contributed by atoms with Crippen molar-refractivity contribution >= 4 is 16.9 Å². The summed E-state index contributed by atoms with van der Waals surface area (Å²) in [4.78, 5) is 13.2. The van der Waals surface area contributed by atoms with Gasteiger partial charge in [-0.25, -0.2) is 9.97 Å². The van der Waals surface area contributed by atoms with Crippen LogP contribution in [0.5, 0.6) is 0 Å². The number of H-pyrrole nitrogens is 1. The van der Waals surface area contributed by atoms with Crippen molar-refractivity contribution in [3.05, 3.63) is 54.9 Å². The van der Waals surface area contributed by atoms with Gasteiger partial charge >= 0.3 is 0 Å². The van der Waals surface area contributed by atoms with Crippen LogP contribution in [0, 0.1) is 0 Å². The normalized spacial score (nSPS) is 10.9. The Morgan fingerprint density at radius 3 is 2.41 bits per heavy atom. The monoisotopic (exact) mass is 288 g/mol. The topological polar surface area (TPSA) is 93.4 Å². The van der Waals surface area contributed by atoms with Crippen LogP contribution in [-0.4, -0.2) is 25.1 Å². The molecule has 0 atom stereocenters. The fourth-order valence-corrected chi connectivity index (χ4v) is 2.38. The number of aromatic nitrogens is 5. The summed E-state index contributed by atoms with van der Waals surface area (Å²) in [5.41, 5.74) is 9.17. The van der Waals surface area contributed by atoms with Crippen molar-refractivity contribution < 1.29 is 0 Å². The fraction of sp³-hybridized carbons (Fsp3) is 0. The number of nitrogen functional groups attached to an aromatic ring is 1. The van der Waals surface area contributed by atoms with Gasteiger partial charge in [0.15, 0.2) is 11.5 Å². The SMILES string of the molecule is Nc1[nH]nc2nc(-c3ccncc3)nc(-c3ccccc3)c12. The summed E-state index contributed by atoms with van der Waals surface area (Å²) in [6.07, 6.45) is 3.42. The minimum atomic E-state index is 0.468. The summed E-state index contributed by atoms with van der Waals surface area (Å²) in [5, 5.41) is 7.69. The highest BCUT2D eigenvalue weighted by Gasteiger charge is 2.15. The van der Waals surface area contributed by atoms with Crippen molar-refractivity contribution in [1.29, 1.82) is 0 Å². The lowest BCUT2D eigenvalue weighted by Gasteiger charge is -2.06. The molecule has 3 aromatic heterocycles. The van der Waals surface area contributed by atoms with E-state index in [4.69, 9.17) is 10.7 Å². The first kappa shape index (κ1) is 12.5. The first-order chi connectivity index (χ1) is 10.8. The molecule has 22 heavy (non-hydrogen) atoms. The Balaban J connectivity index is 2.03. The molecule has 0 aliphatic carbocycles. The van der Waals surface area contributed by atoms with E-state index in [1.165, 1.54) is 0 Å². The molecule has 1 aromatic carbocycles. The molecular formula is C16H12N6. The summed E-state index contributed by atoms with van der Waals surface area (Å²) in [6, 6.07) is 13.6. The number of rotatable bonds is 2. The maximum Gasteiger partial charge on any atom is 0.187 e. The number of aromatic amines is 1. The molecule has 0 aliphatic heterocycles. The highest BCUT2D eigenvalue weighted by Crippen LogP contribution is 2.30. The zero-order valence-corrected chi connectivity index (χ0v) is 11.6. The largest absolute Gasteiger partial charge is 0.383 e. The van der Waals surface area contributed by atoms with Crippen molar-refractivity contribution in [3.63, 3.8) is 0 Å². The number of hydrogen-bond donors (Lipinski definition) is 2. The first-order valence-corrected chi connectivity index (χ1v) is 6.80. The molecule has 4 rings (SSSR count). The van der Waals surface area contributed by atoms with Crippen LogP contribution in [0.25, 0.3) is 33.7 Å². The van der Waals surface area contributed by atoms with Gasteiger partial charge in [0.05, 0.1) is 11.1 Å². The van der Waals surface area contributed by atoms with Gasteiger partial charge in [0.25, 0.3) is 0 Å². The molecule has 0 aliphatic rings. The molecule has 106 valence electrons. The Morgan fingerprint density at radius 1 is 0.864 bits per heavy atom. The Bertz CT molecular complexity index is 931. The second-order valence-corrected chi connectivity index (χ2v) is 4.83. The van der Waals surface area contributed by atoms with E-state index >= 15 is 0 Å². The number of hydrogen-bond acceptors (Lipinski definition) is 5. The number of benzene rings is 1. The van der Waals surface area contributed by atoms with E-state index in [9.17, 15) is 0 Å². The quantitative estimate of drug-likeness (QED) is 0.591. The zero-order chi connectivity index (χ0) is 14.9. The van der Waals surface area contributed by atoms with Gasteiger partial charge in [0.1, 0.15) is 5.82 Å². The van der Waals surface area contributed by atoms with Crippen LogP contribution >= 0.6 is 0 Å². The maximum absolute atomic E-state index is 6.00. The molecule has 0 spiro atoms. The van der Waals surface area contributed by atoms with Crippen LogP contribution in [0.2, 0.25) is 0 Å². The minimum Gasteiger partial charge on any atom is -0.383 e. The number of fused-ring (bicyclic) bond motifs is 1. The Kier molecular flexibility index (Phi) is 2.79. The van der Waals surface area contributed by atoms with Crippen LogP contribution in [0.4, 0.5) is 5.82 Å². The Hall–Kier alpha value is -3.28. The van der Waals surface area contributed by atoms with E-state index in [0.29, 0.717) is 17.3 Å². The molecule has 0 fully saturated rings. The second kappa shape index (κ2) is 4.92. The van der Waals surface area contributed by atoms with Gasteiger partial charge in [-0.2, -0.15) is 5.10 Å². The van der Waals surface area contributed by atoms with Crippen LogP contribution in [0.3, 0.4) is 0 Å². The third-order valence-electron chi connectivity index (χ3n) is 3.43. The van der Waals surface area contributed by atoms with Gasteiger partial charge in [-0.1, -0.05) is 30.3 Å². The smallest absolute Gasteiger partial charge is 0.187 e. The molecule has 0 amide bonds. The lowest BCUT2D eigenvalue weighted by atomic mass is 10.1. The van der Waals surface area contributed by atoms with Gasteiger partial charge in [-0.3, -0.25) is 10.1 Å². The minimum absolute atomic E-state index is 0.468. The number of pyridine rings is 1. The highest BCUT2D eigenvalue weighted by atomic mass is 15.2. The van der Waals surface area contributed by atoms with E-state index in [-0.39, 0.29) is 0 Å². The van der Waals surface area contributed by atoms with E-state index in [2.05, 4.69) is 20.2 Å². The van der Waals surface area contributed by atoms with Crippen molar-refractivity contribution in [3.8, 4) is 22.6 Å². The summed E-state index contributed by atoms with van der Waals surface area (Å²) in [7, 11) is 0. The molecule has 4 aromatic rings. The number of nitrogens with one attached hydrogen (secondary N) is 1. The third-order valence-corrected chi connectivity index (χ3v) is 3.43. The highest BCUT2D eigenvalue weighted by molar-refractivity contribution is 5.98. The number of nitrogens with zero attached hydrogens (tertiary/aromatic N) is 4. The fourth-order valence-electron chi connectivity index (χ4n) is 2.38. The first-order valence-electron chi connectivity index (χ1n) is 6.80.